The molecule has 5 nitrogen and oxygen atoms in total. The first-order valence-corrected chi connectivity index (χ1v) is 5.79. The standard InChI is InChI=1S/C12H14N4O.ClH/c17-12(16-7-5-13-6-8-16)11-9-3-1-2-4-10(9)14-15-11;/h1-4,13H,5-8H2,(H,14,15);1H. The van der Waals surface area contributed by atoms with E-state index in [2.05, 4.69) is 15.5 Å². The van der Waals surface area contributed by atoms with Crippen LogP contribution < -0.4 is 5.32 Å². The molecular formula is C12H15ClN4O. The summed E-state index contributed by atoms with van der Waals surface area (Å²) >= 11 is 0. The van der Waals surface area contributed by atoms with E-state index in [1.54, 1.807) is 0 Å². The minimum atomic E-state index is 0. The number of piperazine rings is 1. The van der Waals surface area contributed by atoms with Gasteiger partial charge in [0.2, 0.25) is 0 Å². The molecule has 0 unspecified atom stereocenters. The van der Waals surface area contributed by atoms with Crippen LogP contribution in [-0.4, -0.2) is 47.2 Å². The average molecular weight is 267 g/mol. The van der Waals surface area contributed by atoms with Crippen LogP contribution in [0.5, 0.6) is 0 Å². The molecule has 2 heterocycles. The van der Waals surface area contributed by atoms with E-state index in [1.807, 2.05) is 29.2 Å². The zero-order valence-corrected chi connectivity index (χ0v) is 10.7. The van der Waals surface area contributed by atoms with E-state index in [0.29, 0.717) is 5.69 Å². The van der Waals surface area contributed by atoms with E-state index in [9.17, 15) is 4.79 Å². The van der Waals surface area contributed by atoms with Gasteiger partial charge in [-0.25, -0.2) is 0 Å². The molecule has 0 aliphatic carbocycles. The fourth-order valence-electron chi connectivity index (χ4n) is 2.14. The highest BCUT2D eigenvalue weighted by molar-refractivity contribution is 6.04. The molecule has 2 aromatic rings. The van der Waals surface area contributed by atoms with E-state index in [-0.39, 0.29) is 18.3 Å². The van der Waals surface area contributed by atoms with Gasteiger partial charge in [0.05, 0.1) is 5.52 Å². The van der Waals surface area contributed by atoms with Crippen LogP contribution in [0.4, 0.5) is 0 Å². The topological polar surface area (TPSA) is 61.0 Å². The Hall–Kier alpha value is -1.59. The number of hydrogen-bond donors (Lipinski definition) is 2. The number of benzene rings is 1. The molecule has 1 fully saturated rings. The van der Waals surface area contributed by atoms with Crippen molar-refractivity contribution in [2.75, 3.05) is 26.2 Å². The summed E-state index contributed by atoms with van der Waals surface area (Å²) in [6, 6.07) is 7.71. The van der Waals surface area contributed by atoms with Crippen LogP contribution in [0.25, 0.3) is 10.9 Å². The van der Waals surface area contributed by atoms with Gasteiger partial charge >= 0.3 is 0 Å². The maximum Gasteiger partial charge on any atom is 0.275 e. The Balaban J connectivity index is 0.00000120. The van der Waals surface area contributed by atoms with Crippen molar-refractivity contribution < 1.29 is 4.79 Å². The van der Waals surface area contributed by atoms with Gasteiger partial charge in [0.15, 0.2) is 5.69 Å². The number of para-hydroxylation sites is 1. The molecule has 1 aromatic carbocycles. The number of amides is 1. The van der Waals surface area contributed by atoms with Crippen LogP contribution in [0.1, 0.15) is 10.5 Å². The Morgan fingerprint density at radius 3 is 2.72 bits per heavy atom. The zero-order chi connectivity index (χ0) is 11.7. The minimum absolute atomic E-state index is 0. The Kier molecular flexibility index (Phi) is 3.84. The normalized spacial score (nSPS) is 15.4. The van der Waals surface area contributed by atoms with E-state index in [1.165, 1.54) is 0 Å². The summed E-state index contributed by atoms with van der Waals surface area (Å²) in [5.74, 6) is 0.0175. The number of aromatic amines is 1. The Labute approximate surface area is 111 Å². The number of aromatic nitrogens is 2. The fourth-order valence-corrected chi connectivity index (χ4v) is 2.14. The molecule has 0 saturated carbocycles. The lowest BCUT2D eigenvalue weighted by molar-refractivity contribution is 0.0732. The molecular weight excluding hydrogens is 252 g/mol. The lowest BCUT2D eigenvalue weighted by Crippen LogP contribution is -2.46. The van der Waals surface area contributed by atoms with Crippen LogP contribution in [0.2, 0.25) is 0 Å². The van der Waals surface area contributed by atoms with Gasteiger partial charge in [-0.05, 0) is 6.07 Å². The van der Waals surface area contributed by atoms with Gasteiger partial charge in [0.25, 0.3) is 5.91 Å². The predicted octanol–water partition coefficient (Wildman–Crippen LogP) is 1.03. The molecule has 18 heavy (non-hydrogen) atoms. The fraction of sp³-hybridized carbons (Fsp3) is 0.333. The highest BCUT2D eigenvalue weighted by atomic mass is 35.5. The van der Waals surface area contributed by atoms with Crippen LogP contribution in [0, 0.1) is 0 Å². The van der Waals surface area contributed by atoms with Gasteiger partial charge in [-0.15, -0.1) is 12.4 Å². The van der Waals surface area contributed by atoms with Crippen LogP contribution in [-0.2, 0) is 0 Å². The molecule has 0 bridgehead atoms. The monoisotopic (exact) mass is 266 g/mol. The Morgan fingerprint density at radius 2 is 1.94 bits per heavy atom. The first kappa shape index (κ1) is 12.9. The van der Waals surface area contributed by atoms with Crippen molar-refractivity contribution in [1.29, 1.82) is 0 Å². The summed E-state index contributed by atoms with van der Waals surface area (Å²) in [5.41, 5.74) is 1.44. The van der Waals surface area contributed by atoms with Crippen LogP contribution >= 0.6 is 12.4 Å². The number of halogens is 1. The molecule has 1 amide bonds. The molecule has 0 atom stereocenters. The smallest absolute Gasteiger partial charge is 0.275 e. The summed E-state index contributed by atoms with van der Waals surface area (Å²) in [4.78, 5) is 14.1. The number of fused-ring (bicyclic) bond motifs is 1. The number of H-pyrrole nitrogens is 1. The molecule has 6 heteroatoms. The first-order chi connectivity index (χ1) is 8.36. The van der Waals surface area contributed by atoms with Crippen molar-refractivity contribution in [3.8, 4) is 0 Å². The second-order valence-corrected chi connectivity index (χ2v) is 4.16. The summed E-state index contributed by atoms with van der Waals surface area (Å²) in [5, 5.41) is 11.2. The molecule has 0 radical (unpaired) electrons. The third kappa shape index (κ3) is 2.19. The molecule has 1 aliphatic rings. The van der Waals surface area contributed by atoms with Gasteiger partial charge in [0, 0.05) is 31.6 Å². The number of nitrogens with one attached hydrogen (secondary N) is 2. The van der Waals surface area contributed by atoms with Crippen molar-refractivity contribution in [3.05, 3.63) is 30.0 Å². The molecule has 3 rings (SSSR count). The number of carbonyl (C=O) groups is 1. The molecule has 0 spiro atoms. The van der Waals surface area contributed by atoms with Crippen molar-refractivity contribution in [1.82, 2.24) is 20.4 Å². The number of nitrogens with zero attached hydrogens (tertiary/aromatic N) is 2. The zero-order valence-electron chi connectivity index (χ0n) is 9.85. The largest absolute Gasteiger partial charge is 0.335 e. The van der Waals surface area contributed by atoms with E-state index < -0.39 is 0 Å². The second-order valence-electron chi connectivity index (χ2n) is 4.16. The third-order valence-electron chi connectivity index (χ3n) is 3.08. The lowest BCUT2D eigenvalue weighted by atomic mass is 10.2. The summed E-state index contributed by atoms with van der Waals surface area (Å²) in [7, 11) is 0. The molecule has 1 aromatic heterocycles. The SMILES string of the molecule is Cl.O=C(c1n[nH]c2ccccc12)N1CCNCC1. The lowest BCUT2D eigenvalue weighted by Gasteiger charge is -2.26. The Morgan fingerprint density at radius 1 is 1.22 bits per heavy atom. The van der Waals surface area contributed by atoms with E-state index in [4.69, 9.17) is 0 Å². The molecule has 96 valence electrons. The van der Waals surface area contributed by atoms with Crippen molar-refractivity contribution in [2.24, 2.45) is 0 Å². The summed E-state index contributed by atoms with van der Waals surface area (Å²) < 4.78 is 0. The van der Waals surface area contributed by atoms with Gasteiger partial charge in [0.1, 0.15) is 0 Å². The predicted molar refractivity (Wildman–Crippen MR) is 72.1 cm³/mol. The maximum atomic E-state index is 12.3. The van der Waals surface area contributed by atoms with Gasteiger partial charge in [-0.3, -0.25) is 9.89 Å². The number of rotatable bonds is 1. The highest BCUT2D eigenvalue weighted by Crippen LogP contribution is 2.16. The minimum Gasteiger partial charge on any atom is -0.335 e. The third-order valence-corrected chi connectivity index (χ3v) is 3.08. The average Bonchev–Trinajstić information content (AvgIpc) is 2.83. The number of carbonyl (C=O) groups excluding carboxylic acids is 1. The first-order valence-electron chi connectivity index (χ1n) is 5.79. The van der Waals surface area contributed by atoms with Gasteiger partial charge in [-0.1, -0.05) is 18.2 Å². The van der Waals surface area contributed by atoms with Crippen LogP contribution in [0.15, 0.2) is 24.3 Å². The summed E-state index contributed by atoms with van der Waals surface area (Å²) in [6.45, 7) is 3.21. The molecule has 1 saturated heterocycles. The maximum absolute atomic E-state index is 12.3. The second kappa shape index (κ2) is 5.37. The Bertz CT molecular complexity index is 548. The number of hydrogen-bond acceptors (Lipinski definition) is 3. The summed E-state index contributed by atoms with van der Waals surface area (Å²) in [6.07, 6.45) is 0. The molecule has 1 aliphatic heterocycles. The van der Waals surface area contributed by atoms with E-state index >= 15 is 0 Å². The van der Waals surface area contributed by atoms with Crippen LogP contribution in [0.3, 0.4) is 0 Å². The highest BCUT2D eigenvalue weighted by Gasteiger charge is 2.21. The van der Waals surface area contributed by atoms with Gasteiger partial charge < -0.3 is 10.2 Å². The molecule has 2 N–H and O–H groups in total. The van der Waals surface area contributed by atoms with Crippen molar-refractivity contribution in [2.45, 2.75) is 0 Å². The quantitative estimate of drug-likeness (QED) is 0.811. The van der Waals surface area contributed by atoms with Gasteiger partial charge in [-0.2, -0.15) is 5.10 Å². The van der Waals surface area contributed by atoms with Crippen molar-refractivity contribution in [3.63, 3.8) is 0 Å². The van der Waals surface area contributed by atoms with Crippen molar-refractivity contribution >= 4 is 29.2 Å². The van der Waals surface area contributed by atoms with E-state index in [0.717, 1.165) is 37.1 Å².